The summed E-state index contributed by atoms with van der Waals surface area (Å²) in [5.74, 6) is 0. The van der Waals surface area contributed by atoms with E-state index in [0.717, 1.165) is 22.1 Å². The van der Waals surface area contributed by atoms with Gasteiger partial charge in [0.1, 0.15) is 11.2 Å². The Labute approximate surface area is 188 Å². The van der Waals surface area contributed by atoms with Crippen molar-refractivity contribution in [1.29, 1.82) is 0 Å². The molecule has 0 fully saturated rings. The highest BCUT2D eigenvalue weighted by Crippen LogP contribution is 2.42. The molecule has 0 bridgehead atoms. The van der Waals surface area contributed by atoms with Crippen LogP contribution in [0.2, 0.25) is 0 Å². The third kappa shape index (κ3) is 2.63. The largest absolute Gasteiger partial charge is 0.455 e. The zero-order chi connectivity index (χ0) is 21.1. The highest BCUT2D eigenvalue weighted by molar-refractivity contribution is 7.26. The summed E-state index contributed by atoms with van der Waals surface area (Å²) in [6.45, 7) is 0. The summed E-state index contributed by atoms with van der Waals surface area (Å²) in [5, 5.41) is 7.43. The molecule has 0 aliphatic heterocycles. The van der Waals surface area contributed by atoms with Gasteiger partial charge in [-0.1, -0.05) is 78.9 Å². The minimum Gasteiger partial charge on any atom is -0.455 e. The summed E-state index contributed by atoms with van der Waals surface area (Å²) in [6.07, 6.45) is 4.28. The van der Waals surface area contributed by atoms with Crippen LogP contribution in [-0.2, 0) is 0 Å². The summed E-state index contributed by atoms with van der Waals surface area (Å²) < 4.78 is 9.11. The van der Waals surface area contributed by atoms with Gasteiger partial charge in [0.15, 0.2) is 0 Å². The molecule has 2 heterocycles. The first-order valence-electron chi connectivity index (χ1n) is 10.8. The fourth-order valence-corrected chi connectivity index (χ4v) is 5.93. The van der Waals surface area contributed by atoms with E-state index in [4.69, 9.17) is 4.42 Å². The normalized spacial score (nSPS) is 12.2. The zero-order valence-electron chi connectivity index (χ0n) is 17.2. The first-order valence-corrected chi connectivity index (χ1v) is 11.6. The molecule has 0 aliphatic rings. The van der Waals surface area contributed by atoms with Gasteiger partial charge in [-0.25, -0.2) is 0 Å². The van der Waals surface area contributed by atoms with Gasteiger partial charge < -0.3 is 4.42 Å². The third-order valence-electron chi connectivity index (χ3n) is 6.27. The fraction of sp³-hybridized carbons (Fsp3) is 0. The molecule has 0 saturated heterocycles. The smallest absolute Gasteiger partial charge is 0.143 e. The van der Waals surface area contributed by atoms with Crippen LogP contribution in [0.15, 0.2) is 101 Å². The molecule has 0 amide bonds. The van der Waals surface area contributed by atoms with Gasteiger partial charge in [-0.2, -0.15) is 0 Å². The average molecular weight is 427 g/mol. The minimum atomic E-state index is 0.930. The molecule has 1 nitrogen and oxygen atoms in total. The van der Waals surface area contributed by atoms with E-state index in [0.29, 0.717) is 0 Å². The summed E-state index contributed by atoms with van der Waals surface area (Å²) in [4.78, 5) is 0. The summed E-state index contributed by atoms with van der Waals surface area (Å²) >= 11 is 1.86. The Morgan fingerprint density at radius 2 is 1.19 bits per heavy atom. The first kappa shape index (κ1) is 17.8. The van der Waals surface area contributed by atoms with Gasteiger partial charge in [-0.3, -0.25) is 0 Å². The first-order chi connectivity index (χ1) is 15.8. The highest BCUT2D eigenvalue weighted by atomic mass is 32.1. The predicted molar refractivity (Wildman–Crippen MR) is 139 cm³/mol. The van der Waals surface area contributed by atoms with Crippen LogP contribution in [-0.4, -0.2) is 0 Å². The number of hydrogen-bond acceptors (Lipinski definition) is 2. The number of rotatable bonds is 2. The van der Waals surface area contributed by atoms with Crippen LogP contribution in [0.3, 0.4) is 0 Å². The van der Waals surface area contributed by atoms with Crippen LogP contribution in [0, 0.1) is 0 Å². The maximum absolute atomic E-state index is 6.45. The minimum absolute atomic E-state index is 0.930. The van der Waals surface area contributed by atoms with E-state index in [9.17, 15) is 0 Å². The van der Waals surface area contributed by atoms with Gasteiger partial charge in [0.05, 0.1) is 0 Å². The van der Waals surface area contributed by atoms with Crippen LogP contribution < -0.4 is 0 Å². The number of fused-ring (bicyclic) bond motifs is 9. The second-order valence-corrected chi connectivity index (χ2v) is 9.23. The lowest BCUT2D eigenvalue weighted by atomic mass is 10.0. The van der Waals surface area contributed by atoms with E-state index >= 15 is 0 Å². The van der Waals surface area contributed by atoms with Gasteiger partial charge in [0.25, 0.3) is 0 Å². The van der Waals surface area contributed by atoms with Gasteiger partial charge in [0, 0.05) is 41.7 Å². The SMILES string of the molecule is C(=C\c1ccc2c(c1)oc1c2ccc2c1ccc1c3ccccc3sc12)/c1ccccc1. The molecular weight excluding hydrogens is 408 g/mol. The van der Waals surface area contributed by atoms with E-state index in [1.165, 1.54) is 41.9 Å². The van der Waals surface area contributed by atoms with Crippen LogP contribution in [0.25, 0.3) is 65.0 Å². The Bertz CT molecular complexity index is 1820. The van der Waals surface area contributed by atoms with E-state index in [2.05, 4.69) is 103 Å². The van der Waals surface area contributed by atoms with Crippen molar-refractivity contribution < 1.29 is 4.42 Å². The molecule has 0 unspecified atom stereocenters. The second kappa shape index (κ2) is 6.81. The molecule has 150 valence electrons. The van der Waals surface area contributed by atoms with Crippen molar-refractivity contribution in [2.24, 2.45) is 0 Å². The Morgan fingerprint density at radius 1 is 0.531 bits per heavy atom. The average Bonchev–Trinajstić information content (AvgIpc) is 3.41. The van der Waals surface area contributed by atoms with Crippen LogP contribution >= 0.6 is 11.3 Å². The van der Waals surface area contributed by atoms with Crippen LogP contribution in [0.5, 0.6) is 0 Å². The van der Waals surface area contributed by atoms with Gasteiger partial charge in [-0.05, 0) is 41.5 Å². The van der Waals surface area contributed by atoms with Crippen LogP contribution in [0.4, 0.5) is 0 Å². The Kier molecular flexibility index (Phi) is 3.78. The quantitative estimate of drug-likeness (QED) is 0.251. The molecule has 7 rings (SSSR count). The fourth-order valence-electron chi connectivity index (χ4n) is 4.70. The molecule has 32 heavy (non-hydrogen) atoms. The van der Waals surface area contributed by atoms with Crippen LogP contribution in [0.1, 0.15) is 11.1 Å². The molecule has 2 heteroatoms. The predicted octanol–water partition coefficient (Wildman–Crippen LogP) is 9.28. The van der Waals surface area contributed by atoms with Crippen molar-refractivity contribution in [2.75, 3.05) is 0 Å². The van der Waals surface area contributed by atoms with Gasteiger partial charge >= 0.3 is 0 Å². The number of hydrogen-bond donors (Lipinski definition) is 0. The molecular formula is C30H18OS. The summed E-state index contributed by atoms with van der Waals surface area (Å²) in [7, 11) is 0. The van der Waals surface area contributed by atoms with E-state index in [1.54, 1.807) is 0 Å². The Balaban J connectivity index is 1.43. The lowest BCUT2D eigenvalue weighted by Gasteiger charge is -2.01. The van der Waals surface area contributed by atoms with E-state index < -0.39 is 0 Å². The number of thiophene rings is 1. The summed E-state index contributed by atoms with van der Waals surface area (Å²) in [5.41, 5.74) is 4.23. The molecule has 0 atom stereocenters. The van der Waals surface area contributed by atoms with E-state index in [1.807, 2.05) is 17.4 Å². The Hall–Kier alpha value is -3.88. The maximum Gasteiger partial charge on any atom is 0.143 e. The highest BCUT2D eigenvalue weighted by Gasteiger charge is 2.14. The van der Waals surface area contributed by atoms with Crippen molar-refractivity contribution >= 4 is 76.4 Å². The third-order valence-corrected chi connectivity index (χ3v) is 7.49. The lowest BCUT2D eigenvalue weighted by Crippen LogP contribution is -1.75. The van der Waals surface area contributed by atoms with E-state index in [-0.39, 0.29) is 0 Å². The number of benzene rings is 5. The number of furan rings is 1. The van der Waals surface area contributed by atoms with Crippen molar-refractivity contribution in [3.05, 3.63) is 108 Å². The molecule has 0 N–H and O–H groups in total. The van der Waals surface area contributed by atoms with Gasteiger partial charge in [0.2, 0.25) is 0 Å². The maximum atomic E-state index is 6.45. The van der Waals surface area contributed by atoms with Gasteiger partial charge in [-0.15, -0.1) is 11.3 Å². The topological polar surface area (TPSA) is 13.1 Å². The van der Waals surface area contributed by atoms with Crippen molar-refractivity contribution in [3.8, 4) is 0 Å². The molecule has 0 saturated carbocycles. The standard InChI is InChI=1S/C30H18OS/c1-2-6-19(7-3-1)10-11-20-12-13-21-23-14-17-26-24(29(23)31-27(21)18-20)15-16-25-22-8-4-5-9-28(22)32-30(25)26/h1-18H/b11-10+. The lowest BCUT2D eigenvalue weighted by molar-refractivity contribution is 0.672. The molecule has 2 aromatic heterocycles. The second-order valence-electron chi connectivity index (χ2n) is 8.18. The molecule has 5 aromatic carbocycles. The Morgan fingerprint density at radius 3 is 2.06 bits per heavy atom. The van der Waals surface area contributed by atoms with Crippen molar-refractivity contribution in [3.63, 3.8) is 0 Å². The molecule has 0 spiro atoms. The molecule has 0 aliphatic carbocycles. The van der Waals surface area contributed by atoms with Crippen molar-refractivity contribution in [1.82, 2.24) is 0 Å². The zero-order valence-corrected chi connectivity index (χ0v) is 18.0. The molecule has 0 radical (unpaired) electrons. The molecule has 7 aromatic rings. The van der Waals surface area contributed by atoms with Crippen molar-refractivity contribution in [2.45, 2.75) is 0 Å². The summed E-state index contributed by atoms with van der Waals surface area (Å²) in [6, 6.07) is 34.4. The monoisotopic (exact) mass is 426 g/mol.